The highest BCUT2D eigenvalue weighted by Gasteiger charge is 2.27. The van der Waals surface area contributed by atoms with Crippen molar-refractivity contribution in [2.75, 3.05) is 26.7 Å². The molecule has 0 unspecified atom stereocenters. The Morgan fingerprint density at radius 3 is 2.68 bits per heavy atom. The van der Waals surface area contributed by atoms with Crippen LogP contribution in [0, 0.1) is 11.3 Å². The van der Waals surface area contributed by atoms with E-state index in [-0.39, 0.29) is 17.2 Å². The summed E-state index contributed by atoms with van der Waals surface area (Å²) in [5.74, 6) is -0.284. The number of benzene rings is 1. The lowest BCUT2D eigenvalue weighted by Crippen LogP contribution is -2.29. The summed E-state index contributed by atoms with van der Waals surface area (Å²) in [7, 11) is -1.93. The number of carbonyl (C=O) groups is 1. The molecule has 22 heavy (non-hydrogen) atoms. The number of carbonyl (C=O) groups excluding carboxylic acids is 1. The van der Waals surface area contributed by atoms with Crippen LogP contribution in [0.2, 0.25) is 0 Å². The first-order valence-electron chi connectivity index (χ1n) is 7.19. The Bertz CT molecular complexity index is 688. The van der Waals surface area contributed by atoms with Gasteiger partial charge in [-0.1, -0.05) is 6.07 Å². The summed E-state index contributed by atoms with van der Waals surface area (Å²) in [4.78, 5) is 13.8. The molecule has 1 fully saturated rings. The van der Waals surface area contributed by atoms with Gasteiger partial charge in [-0.15, -0.1) is 0 Å². The SMILES string of the molecule is CN(CCC#N)C(=O)c1cccc(S(=O)(=O)N2CCCC2)c1. The van der Waals surface area contributed by atoms with Crippen molar-refractivity contribution < 1.29 is 13.2 Å². The summed E-state index contributed by atoms with van der Waals surface area (Å²) < 4.78 is 26.5. The van der Waals surface area contributed by atoms with Gasteiger partial charge in [0, 0.05) is 32.2 Å². The quantitative estimate of drug-likeness (QED) is 0.822. The average Bonchev–Trinajstić information content (AvgIpc) is 3.07. The maximum absolute atomic E-state index is 12.5. The Balaban J connectivity index is 2.23. The van der Waals surface area contributed by atoms with Crippen molar-refractivity contribution >= 4 is 15.9 Å². The average molecular weight is 321 g/mol. The predicted octanol–water partition coefficient (Wildman–Crippen LogP) is 1.46. The molecule has 1 aliphatic heterocycles. The van der Waals surface area contributed by atoms with Crippen LogP contribution in [-0.2, 0) is 10.0 Å². The van der Waals surface area contributed by atoms with Crippen LogP contribution in [-0.4, -0.2) is 50.2 Å². The van der Waals surface area contributed by atoms with Crippen LogP contribution in [0.4, 0.5) is 0 Å². The van der Waals surface area contributed by atoms with Crippen molar-refractivity contribution in [3.63, 3.8) is 0 Å². The van der Waals surface area contributed by atoms with Crippen molar-refractivity contribution in [1.29, 1.82) is 5.26 Å². The molecular formula is C15H19N3O3S. The largest absolute Gasteiger partial charge is 0.341 e. The minimum absolute atomic E-state index is 0.147. The van der Waals surface area contributed by atoms with Gasteiger partial charge < -0.3 is 4.90 Å². The molecule has 0 spiro atoms. The van der Waals surface area contributed by atoms with E-state index in [1.54, 1.807) is 19.2 Å². The number of hydrogen-bond acceptors (Lipinski definition) is 4. The maximum Gasteiger partial charge on any atom is 0.253 e. The molecule has 7 heteroatoms. The first-order valence-corrected chi connectivity index (χ1v) is 8.63. The summed E-state index contributed by atoms with van der Waals surface area (Å²) in [6.07, 6.45) is 1.98. The van der Waals surface area contributed by atoms with Crippen molar-refractivity contribution in [2.24, 2.45) is 0 Å². The molecular weight excluding hydrogens is 302 g/mol. The number of hydrogen-bond donors (Lipinski definition) is 0. The lowest BCUT2D eigenvalue weighted by Gasteiger charge is -2.18. The summed E-state index contributed by atoms with van der Waals surface area (Å²) in [5.41, 5.74) is 0.320. The van der Waals surface area contributed by atoms with Crippen molar-refractivity contribution in [2.45, 2.75) is 24.2 Å². The van der Waals surface area contributed by atoms with Gasteiger partial charge in [0.05, 0.1) is 17.4 Å². The van der Waals surface area contributed by atoms with Crippen LogP contribution in [0.1, 0.15) is 29.6 Å². The Hall–Kier alpha value is -1.91. The Labute approximate surface area is 131 Å². The van der Waals surface area contributed by atoms with Crippen LogP contribution >= 0.6 is 0 Å². The summed E-state index contributed by atoms with van der Waals surface area (Å²) in [5, 5.41) is 8.57. The maximum atomic E-state index is 12.5. The molecule has 1 aromatic rings. The van der Waals surface area contributed by atoms with Crippen molar-refractivity contribution in [3.05, 3.63) is 29.8 Å². The van der Waals surface area contributed by atoms with Gasteiger partial charge in [0.25, 0.3) is 5.91 Å². The molecule has 1 aromatic carbocycles. The first kappa shape index (κ1) is 16.5. The molecule has 1 amide bonds. The Kier molecular flexibility index (Phi) is 5.16. The normalized spacial score (nSPS) is 15.5. The molecule has 0 radical (unpaired) electrons. The molecule has 1 heterocycles. The van der Waals surface area contributed by atoms with Crippen LogP contribution in [0.5, 0.6) is 0 Å². The third-order valence-electron chi connectivity index (χ3n) is 3.69. The van der Waals surface area contributed by atoms with Crippen LogP contribution in [0.25, 0.3) is 0 Å². The third-order valence-corrected chi connectivity index (χ3v) is 5.58. The highest BCUT2D eigenvalue weighted by atomic mass is 32.2. The lowest BCUT2D eigenvalue weighted by molar-refractivity contribution is 0.0798. The predicted molar refractivity (Wildman–Crippen MR) is 81.6 cm³/mol. The van der Waals surface area contributed by atoms with E-state index >= 15 is 0 Å². The highest BCUT2D eigenvalue weighted by molar-refractivity contribution is 7.89. The van der Waals surface area contributed by atoms with E-state index in [9.17, 15) is 13.2 Å². The van der Waals surface area contributed by atoms with Crippen LogP contribution in [0.15, 0.2) is 29.2 Å². The molecule has 6 nitrogen and oxygen atoms in total. The van der Waals surface area contributed by atoms with Gasteiger partial charge >= 0.3 is 0 Å². The summed E-state index contributed by atoms with van der Waals surface area (Å²) in [6.45, 7) is 1.38. The molecule has 0 atom stereocenters. The number of nitrogens with zero attached hydrogens (tertiary/aromatic N) is 3. The number of sulfonamides is 1. The third kappa shape index (κ3) is 3.46. The zero-order chi connectivity index (χ0) is 16.2. The van der Waals surface area contributed by atoms with E-state index in [1.165, 1.54) is 21.3 Å². The van der Waals surface area contributed by atoms with Crippen LogP contribution < -0.4 is 0 Å². The topological polar surface area (TPSA) is 81.5 Å². The zero-order valence-electron chi connectivity index (χ0n) is 12.5. The minimum Gasteiger partial charge on any atom is -0.341 e. The number of rotatable bonds is 5. The minimum atomic E-state index is -3.53. The van der Waals surface area contributed by atoms with Crippen molar-refractivity contribution in [1.82, 2.24) is 9.21 Å². The molecule has 0 saturated carbocycles. The molecule has 0 aromatic heterocycles. The van der Waals surface area contributed by atoms with E-state index in [0.29, 0.717) is 25.2 Å². The smallest absolute Gasteiger partial charge is 0.253 e. The second-order valence-corrected chi connectivity index (χ2v) is 7.21. The monoisotopic (exact) mass is 321 g/mol. The molecule has 1 aliphatic rings. The van der Waals surface area contributed by atoms with E-state index in [1.807, 2.05) is 6.07 Å². The second-order valence-electron chi connectivity index (χ2n) is 5.27. The first-order chi connectivity index (χ1) is 10.5. The fourth-order valence-electron chi connectivity index (χ4n) is 2.41. The molecule has 1 saturated heterocycles. The lowest BCUT2D eigenvalue weighted by atomic mass is 10.2. The fraction of sp³-hybridized carbons (Fsp3) is 0.467. The van der Waals surface area contributed by atoms with Gasteiger partial charge in [-0.05, 0) is 31.0 Å². The van der Waals surface area contributed by atoms with Gasteiger partial charge in [-0.25, -0.2) is 8.42 Å². The van der Waals surface area contributed by atoms with E-state index in [0.717, 1.165) is 12.8 Å². The van der Waals surface area contributed by atoms with E-state index in [2.05, 4.69) is 0 Å². The summed E-state index contributed by atoms with van der Waals surface area (Å²) >= 11 is 0. The molecule has 0 bridgehead atoms. The molecule has 0 aliphatic carbocycles. The number of amides is 1. The highest BCUT2D eigenvalue weighted by Crippen LogP contribution is 2.21. The van der Waals surface area contributed by atoms with Gasteiger partial charge in [-0.2, -0.15) is 9.57 Å². The Morgan fingerprint density at radius 2 is 2.05 bits per heavy atom. The van der Waals surface area contributed by atoms with E-state index in [4.69, 9.17) is 5.26 Å². The fourth-order valence-corrected chi connectivity index (χ4v) is 3.97. The van der Waals surface area contributed by atoms with Gasteiger partial charge in [-0.3, -0.25) is 4.79 Å². The van der Waals surface area contributed by atoms with Gasteiger partial charge in [0.2, 0.25) is 10.0 Å². The van der Waals surface area contributed by atoms with E-state index < -0.39 is 10.0 Å². The zero-order valence-corrected chi connectivity index (χ0v) is 13.3. The van der Waals surface area contributed by atoms with Crippen LogP contribution in [0.3, 0.4) is 0 Å². The van der Waals surface area contributed by atoms with Gasteiger partial charge in [0.1, 0.15) is 0 Å². The molecule has 0 N–H and O–H groups in total. The Morgan fingerprint density at radius 1 is 1.36 bits per heavy atom. The standard InChI is InChI=1S/C15H19N3O3S/c1-17(9-5-8-16)15(19)13-6-4-7-14(12-13)22(20,21)18-10-2-3-11-18/h4,6-7,12H,2-3,5,9-11H2,1H3. The summed E-state index contributed by atoms with van der Waals surface area (Å²) in [6, 6.07) is 8.08. The molecule has 118 valence electrons. The number of nitriles is 1. The second kappa shape index (κ2) is 6.90. The van der Waals surface area contributed by atoms with Gasteiger partial charge in [0.15, 0.2) is 0 Å². The molecule has 2 rings (SSSR count). The van der Waals surface area contributed by atoms with Crippen molar-refractivity contribution in [3.8, 4) is 6.07 Å².